The van der Waals surface area contributed by atoms with Crippen molar-refractivity contribution in [3.05, 3.63) is 53.3 Å². The number of hydrogen-bond donors (Lipinski definition) is 5. The van der Waals surface area contributed by atoms with Crippen LogP contribution in [0.4, 0.5) is 5.69 Å². The Morgan fingerprint density at radius 1 is 0.935 bits per heavy atom. The molecule has 16 nitrogen and oxygen atoms in total. The second-order valence-electron chi connectivity index (χ2n) is 16.3. The molecule has 2 amide bonds. The number of phenols is 2. The molecule has 62 heavy (non-hydrogen) atoms. The molecule has 342 valence electrons. The molecule has 3 aliphatic rings. The summed E-state index contributed by atoms with van der Waals surface area (Å²) in [6, 6.07) is 1.28. The van der Waals surface area contributed by atoms with Crippen molar-refractivity contribution >= 4 is 40.0 Å². The van der Waals surface area contributed by atoms with Crippen LogP contribution in [-0.4, -0.2) is 118 Å². The number of phenolic OH excluding ortho intramolecular Hbond substituents is 2. The number of Topliss-reactive ketones (excluding diaryl/α,β-unsaturated/α-hetero) is 1. The Balaban J connectivity index is 1.94. The molecule has 9 atom stereocenters. The van der Waals surface area contributed by atoms with Crippen LogP contribution in [0, 0.1) is 30.6 Å². The predicted octanol–water partition coefficient (Wildman–Crippen LogP) is 5.92. The molecule has 0 spiro atoms. The molecule has 3 aliphatic heterocycles. The first-order chi connectivity index (χ1) is 29.2. The highest BCUT2D eigenvalue weighted by Gasteiger charge is 2.50. The number of ketones is 1. The van der Waals surface area contributed by atoms with Crippen LogP contribution in [0.15, 0.2) is 42.2 Å². The van der Waals surface area contributed by atoms with E-state index in [0.717, 1.165) is 0 Å². The van der Waals surface area contributed by atoms with Gasteiger partial charge in [-0.05, 0) is 26.3 Å². The van der Waals surface area contributed by atoms with Crippen molar-refractivity contribution in [3.8, 4) is 23.0 Å². The lowest BCUT2D eigenvalue weighted by atomic mass is 9.78. The molecule has 9 unspecified atom stereocenters. The van der Waals surface area contributed by atoms with E-state index in [9.17, 15) is 39.6 Å². The predicted molar refractivity (Wildman–Crippen MR) is 233 cm³/mol. The van der Waals surface area contributed by atoms with Crippen LogP contribution < -0.4 is 14.8 Å². The van der Waals surface area contributed by atoms with E-state index in [1.54, 1.807) is 44.9 Å². The summed E-state index contributed by atoms with van der Waals surface area (Å²) in [7, 11) is 1.44. The average Bonchev–Trinajstić information content (AvgIpc) is 3.50. The number of aliphatic hydroxyl groups is 2. The van der Waals surface area contributed by atoms with Gasteiger partial charge in [-0.1, -0.05) is 66.7 Å². The summed E-state index contributed by atoms with van der Waals surface area (Å²) < 4.78 is 30.0. The zero-order chi connectivity index (χ0) is 46.4. The number of allylic oxidation sites excluding steroid dienone is 2. The molecule has 2 aromatic rings. The number of amides is 2. The number of hydrazine groups is 1. The van der Waals surface area contributed by atoms with E-state index >= 15 is 0 Å². The Kier molecular flexibility index (Phi) is 16.6. The summed E-state index contributed by atoms with van der Waals surface area (Å²) in [5.74, 6) is -8.09. The fraction of sp³-hybridized carbons (Fsp3) is 0.565. The Hall–Kier alpha value is -5.16. The van der Waals surface area contributed by atoms with Gasteiger partial charge in [0.2, 0.25) is 0 Å². The van der Waals surface area contributed by atoms with E-state index in [0.29, 0.717) is 26.1 Å². The molecule has 0 saturated heterocycles. The number of carbonyl (C=O) groups excluding carboxylic acids is 4. The summed E-state index contributed by atoms with van der Waals surface area (Å²) >= 11 is 0. The van der Waals surface area contributed by atoms with E-state index in [1.807, 2.05) is 25.8 Å². The molecule has 2 aromatic carbocycles. The highest BCUT2D eigenvalue weighted by atomic mass is 16.7. The highest BCUT2D eigenvalue weighted by Crippen LogP contribution is 2.54. The van der Waals surface area contributed by atoms with Crippen LogP contribution in [0.3, 0.4) is 0 Å². The number of rotatable bonds is 10. The van der Waals surface area contributed by atoms with Gasteiger partial charge in [-0.25, -0.2) is 5.01 Å². The lowest BCUT2D eigenvalue weighted by Crippen LogP contribution is -2.48. The molecule has 0 fully saturated rings. The molecule has 0 aliphatic carbocycles. The summed E-state index contributed by atoms with van der Waals surface area (Å²) in [5.41, 5.74) is -0.0197. The quantitative estimate of drug-likeness (QED) is 0.107. The minimum atomic E-state index is -2.04. The van der Waals surface area contributed by atoms with Crippen LogP contribution in [0.1, 0.15) is 91.6 Å². The molecule has 0 saturated carbocycles. The number of carbonyl (C=O) groups is 4. The van der Waals surface area contributed by atoms with Crippen molar-refractivity contribution in [3.63, 3.8) is 0 Å². The molecule has 5 rings (SSSR count). The maximum atomic E-state index is 14.6. The Labute approximate surface area is 364 Å². The monoisotopic (exact) mass is 867 g/mol. The molecule has 16 heteroatoms. The summed E-state index contributed by atoms with van der Waals surface area (Å²) in [6.45, 7) is 19.4. The van der Waals surface area contributed by atoms with E-state index in [-0.39, 0.29) is 44.7 Å². The highest BCUT2D eigenvalue weighted by molar-refractivity contribution is 6.21. The SMILES string of the molecule is CCCN(C(=O)COc1cc2c(O)c3c(O)c(C)c4c(c13)C(=O)C(C)(O/C=C\C(OC)C(C)C(OC(C)=O)C(C)C(O)C(C)C(O)C(C)/C=C\C=C(\C)C(=O)N2)O4)N(CC)CC. The van der Waals surface area contributed by atoms with Crippen LogP contribution in [-0.2, 0) is 28.6 Å². The van der Waals surface area contributed by atoms with Gasteiger partial charge in [-0.3, -0.25) is 24.2 Å². The maximum Gasteiger partial charge on any atom is 0.312 e. The molecule has 5 bridgehead atoms. The number of fused-ring (bicyclic) bond motifs is 14. The van der Waals surface area contributed by atoms with Gasteiger partial charge in [0.05, 0.1) is 41.2 Å². The molecule has 3 heterocycles. The summed E-state index contributed by atoms with van der Waals surface area (Å²) in [4.78, 5) is 54.4. The lowest BCUT2D eigenvalue weighted by Gasteiger charge is -2.38. The maximum absolute atomic E-state index is 14.6. The smallest absolute Gasteiger partial charge is 0.312 e. The van der Waals surface area contributed by atoms with E-state index < -0.39 is 95.5 Å². The molecular weight excluding hydrogens is 803 g/mol. The third-order valence-electron chi connectivity index (χ3n) is 12.0. The van der Waals surface area contributed by atoms with Crippen molar-refractivity contribution < 1.29 is 63.3 Å². The number of methoxy groups -OCH3 is 1. The molecule has 0 radical (unpaired) electrons. The second kappa shape index (κ2) is 20.8. The van der Waals surface area contributed by atoms with Gasteiger partial charge in [-0.15, -0.1) is 0 Å². The summed E-state index contributed by atoms with van der Waals surface area (Å²) in [5, 5.41) is 52.2. The number of hydrogen-bond acceptors (Lipinski definition) is 14. The van der Waals surface area contributed by atoms with Crippen molar-refractivity contribution in [2.45, 2.75) is 113 Å². The second-order valence-corrected chi connectivity index (χ2v) is 16.3. The third kappa shape index (κ3) is 10.2. The van der Waals surface area contributed by atoms with Crippen LogP contribution >= 0.6 is 0 Å². The average molecular weight is 868 g/mol. The standard InChI is InChI=1S/C46H65N3O13/c1-13-20-49(48(14-2)15-3)34(51)23-59-33-22-31-41(55)36-35(33)37-43(29(9)40(36)54)62-46(11,44(37)56)60-21-19-32(58-12)26(6)42(61-30(10)50)28(8)39(53)27(7)38(52)24(4)17-16-18-25(5)45(57)47-31/h16-19,21-22,24,26-28,32,38-39,42,52-55H,13-15,20,23H2,1-12H3,(H,47,57)/b17-16-,21-19-,25-18-. The fourth-order valence-corrected chi connectivity index (χ4v) is 8.16. The Morgan fingerprint density at radius 2 is 1.60 bits per heavy atom. The van der Waals surface area contributed by atoms with Gasteiger partial charge < -0.3 is 49.4 Å². The molecule has 0 aromatic heterocycles. The van der Waals surface area contributed by atoms with Crippen molar-refractivity contribution in [2.24, 2.45) is 23.7 Å². The number of anilines is 1. The van der Waals surface area contributed by atoms with Crippen LogP contribution in [0.2, 0.25) is 0 Å². The van der Waals surface area contributed by atoms with Gasteiger partial charge in [0.1, 0.15) is 23.4 Å². The van der Waals surface area contributed by atoms with Crippen molar-refractivity contribution in [1.29, 1.82) is 0 Å². The zero-order valence-electron chi connectivity index (χ0n) is 38.0. The number of esters is 1. The Bertz CT molecular complexity index is 2080. The minimum Gasteiger partial charge on any atom is -0.507 e. The number of benzene rings is 2. The number of ether oxygens (including phenoxy) is 5. The number of nitrogens with zero attached hydrogens (tertiary/aromatic N) is 2. The first-order valence-electron chi connectivity index (χ1n) is 21.2. The number of aromatic hydroxyl groups is 2. The van der Waals surface area contributed by atoms with Gasteiger partial charge in [0.15, 0.2) is 12.4 Å². The van der Waals surface area contributed by atoms with E-state index in [4.69, 9.17) is 23.7 Å². The van der Waals surface area contributed by atoms with E-state index in [2.05, 4.69) is 5.32 Å². The minimum absolute atomic E-state index is 0.0602. The Morgan fingerprint density at radius 3 is 2.19 bits per heavy atom. The van der Waals surface area contributed by atoms with Crippen LogP contribution in [0.25, 0.3) is 10.8 Å². The number of aliphatic hydroxyl groups excluding tert-OH is 2. The molecular formula is C46H65N3O13. The van der Waals surface area contributed by atoms with Gasteiger partial charge in [-0.2, -0.15) is 0 Å². The van der Waals surface area contributed by atoms with Gasteiger partial charge >= 0.3 is 11.8 Å². The topological polar surface area (TPSA) is 214 Å². The first-order valence-corrected chi connectivity index (χ1v) is 21.2. The lowest BCUT2D eigenvalue weighted by molar-refractivity contribution is -0.160. The van der Waals surface area contributed by atoms with Crippen molar-refractivity contribution in [2.75, 3.05) is 38.7 Å². The van der Waals surface area contributed by atoms with Crippen LogP contribution in [0.5, 0.6) is 23.0 Å². The van der Waals surface area contributed by atoms with Gasteiger partial charge in [0, 0.05) is 86.9 Å². The first kappa shape index (κ1) is 49.5. The van der Waals surface area contributed by atoms with Crippen molar-refractivity contribution in [1.82, 2.24) is 10.0 Å². The normalized spacial score (nSPS) is 29.0. The largest absolute Gasteiger partial charge is 0.507 e. The van der Waals surface area contributed by atoms with E-state index in [1.165, 1.54) is 59.3 Å². The van der Waals surface area contributed by atoms with Gasteiger partial charge in [0.25, 0.3) is 17.6 Å². The fourth-order valence-electron chi connectivity index (χ4n) is 8.16. The third-order valence-corrected chi connectivity index (χ3v) is 12.0. The molecule has 5 N–H and O–H groups in total. The zero-order valence-corrected chi connectivity index (χ0v) is 38.0. The number of nitrogens with one attached hydrogen (secondary N) is 1. The summed E-state index contributed by atoms with van der Waals surface area (Å²) in [6.07, 6.45) is 4.27.